The van der Waals surface area contributed by atoms with Crippen molar-refractivity contribution in [3.8, 4) is 0 Å². The molecule has 3 nitrogen and oxygen atoms in total. The Morgan fingerprint density at radius 1 is 1.18 bits per heavy atom. The third-order valence-corrected chi connectivity index (χ3v) is 5.38. The molecule has 1 fully saturated rings. The van der Waals surface area contributed by atoms with Gasteiger partial charge in [0, 0.05) is 35.5 Å². The van der Waals surface area contributed by atoms with Crippen LogP contribution in [0.1, 0.15) is 56.0 Å². The molecule has 28 heavy (non-hydrogen) atoms. The van der Waals surface area contributed by atoms with E-state index in [9.17, 15) is 4.79 Å². The largest absolute Gasteiger partial charge is 0.381 e. The lowest BCUT2D eigenvalue weighted by molar-refractivity contribution is 0.0464. The van der Waals surface area contributed by atoms with Crippen LogP contribution in [0.25, 0.3) is 5.70 Å². The number of allylic oxidation sites excluding steroid dienone is 6. The van der Waals surface area contributed by atoms with Crippen LogP contribution in [-0.4, -0.2) is 25.2 Å². The van der Waals surface area contributed by atoms with Gasteiger partial charge in [0.1, 0.15) is 6.29 Å². The molecule has 3 heteroatoms. The van der Waals surface area contributed by atoms with Gasteiger partial charge in [0.15, 0.2) is 0 Å². The third-order valence-electron chi connectivity index (χ3n) is 5.38. The standard InChI is InChI=1S/C25H31NO2/c1-5-7-8-9-20(3)24(23-12-10-22(19-27)11-13-23)26-21(4)25(14-6-2)15-17-28-18-16-25/h5-13,19H,2,14-18H2,1,3-4H3/b7-5-,9-8-,24-20+,26-21?. The molecule has 0 spiro atoms. The van der Waals surface area contributed by atoms with E-state index in [4.69, 9.17) is 9.73 Å². The Kier molecular flexibility index (Phi) is 8.34. The summed E-state index contributed by atoms with van der Waals surface area (Å²) in [6.45, 7) is 11.7. The number of rotatable bonds is 8. The molecule has 148 valence electrons. The van der Waals surface area contributed by atoms with Gasteiger partial charge in [-0.1, -0.05) is 54.6 Å². The van der Waals surface area contributed by atoms with E-state index in [1.54, 1.807) is 0 Å². The summed E-state index contributed by atoms with van der Waals surface area (Å²) >= 11 is 0. The second-order valence-corrected chi connectivity index (χ2v) is 7.24. The van der Waals surface area contributed by atoms with Crippen LogP contribution in [-0.2, 0) is 4.74 Å². The Bertz CT molecular complexity index is 788. The van der Waals surface area contributed by atoms with Crippen molar-refractivity contribution in [1.82, 2.24) is 0 Å². The fourth-order valence-corrected chi connectivity index (χ4v) is 3.53. The molecule has 0 unspecified atom stereocenters. The zero-order valence-corrected chi connectivity index (χ0v) is 17.3. The fraction of sp³-hybridized carbons (Fsp3) is 0.360. The van der Waals surface area contributed by atoms with Gasteiger partial charge >= 0.3 is 0 Å². The van der Waals surface area contributed by atoms with Gasteiger partial charge in [-0.2, -0.15) is 0 Å². The van der Waals surface area contributed by atoms with Crippen molar-refractivity contribution in [1.29, 1.82) is 0 Å². The van der Waals surface area contributed by atoms with Crippen LogP contribution < -0.4 is 0 Å². The predicted octanol–water partition coefficient (Wildman–Crippen LogP) is 6.20. The number of hydrogen-bond donors (Lipinski definition) is 0. The molecule has 0 atom stereocenters. The second-order valence-electron chi connectivity index (χ2n) is 7.24. The Labute approximate surface area is 169 Å². The van der Waals surface area contributed by atoms with Crippen LogP contribution in [0.3, 0.4) is 0 Å². The molecular formula is C25H31NO2. The van der Waals surface area contributed by atoms with Gasteiger partial charge in [-0.05, 0) is 45.6 Å². The number of hydrogen-bond acceptors (Lipinski definition) is 3. The predicted molar refractivity (Wildman–Crippen MR) is 119 cm³/mol. The number of carbonyl (C=O) groups excluding carboxylic acids is 1. The van der Waals surface area contributed by atoms with Gasteiger partial charge in [0.05, 0.1) is 5.70 Å². The zero-order chi connectivity index (χ0) is 20.4. The summed E-state index contributed by atoms with van der Waals surface area (Å²) < 4.78 is 5.60. The van der Waals surface area contributed by atoms with E-state index in [1.807, 2.05) is 55.5 Å². The van der Waals surface area contributed by atoms with Crippen molar-refractivity contribution in [3.63, 3.8) is 0 Å². The van der Waals surface area contributed by atoms with Crippen LogP contribution in [0.2, 0.25) is 0 Å². The van der Waals surface area contributed by atoms with E-state index in [-0.39, 0.29) is 5.41 Å². The van der Waals surface area contributed by atoms with E-state index in [0.717, 1.165) is 61.3 Å². The normalized spacial score (nSPS) is 18.3. The number of ether oxygens (including phenoxy) is 1. The molecule has 1 aromatic rings. The molecule has 0 aliphatic carbocycles. The molecular weight excluding hydrogens is 346 g/mol. The Morgan fingerprint density at radius 3 is 2.43 bits per heavy atom. The van der Waals surface area contributed by atoms with Crippen molar-refractivity contribution < 1.29 is 9.53 Å². The van der Waals surface area contributed by atoms with Crippen LogP contribution in [0, 0.1) is 5.41 Å². The first-order valence-corrected chi connectivity index (χ1v) is 9.86. The summed E-state index contributed by atoms with van der Waals surface area (Å²) in [5.41, 5.74) is 4.81. The van der Waals surface area contributed by atoms with Crippen LogP contribution in [0.15, 0.2) is 71.8 Å². The van der Waals surface area contributed by atoms with E-state index in [0.29, 0.717) is 5.56 Å². The lowest BCUT2D eigenvalue weighted by atomic mass is 9.73. The second kappa shape index (κ2) is 10.7. The molecule has 1 saturated heterocycles. The van der Waals surface area contributed by atoms with E-state index in [1.165, 1.54) is 0 Å². The minimum absolute atomic E-state index is 0.00129. The van der Waals surface area contributed by atoms with Gasteiger partial charge in [0.2, 0.25) is 0 Å². The summed E-state index contributed by atoms with van der Waals surface area (Å²) in [6.07, 6.45) is 13.8. The van der Waals surface area contributed by atoms with Gasteiger partial charge in [-0.3, -0.25) is 9.79 Å². The maximum absolute atomic E-state index is 11.0. The molecule has 1 aliphatic rings. The first-order chi connectivity index (χ1) is 13.6. The highest BCUT2D eigenvalue weighted by molar-refractivity contribution is 5.93. The van der Waals surface area contributed by atoms with E-state index < -0.39 is 0 Å². The number of nitrogens with zero attached hydrogens (tertiary/aromatic N) is 1. The van der Waals surface area contributed by atoms with Gasteiger partial charge < -0.3 is 4.74 Å². The minimum Gasteiger partial charge on any atom is -0.381 e. The molecule has 0 saturated carbocycles. The number of benzene rings is 1. The molecule has 0 aromatic heterocycles. The quantitative estimate of drug-likeness (QED) is 0.234. The van der Waals surface area contributed by atoms with Crippen LogP contribution in [0.4, 0.5) is 0 Å². The van der Waals surface area contributed by atoms with Crippen molar-refractivity contribution in [2.75, 3.05) is 13.2 Å². The van der Waals surface area contributed by atoms with Gasteiger partial charge in [0.25, 0.3) is 0 Å². The molecule has 0 radical (unpaired) electrons. The molecule has 0 bridgehead atoms. The first-order valence-electron chi connectivity index (χ1n) is 9.86. The summed E-state index contributed by atoms with van der Waals surface area (Å²) in [5, 5.41) is 0. The average Bonchev–Trinajstić information content (AvgIpc) is 2.73. The monoisotopic (exact) mass is 377 g/mol. The number of carbonyl (C=O) groups is 1. The van der Waals surface area contributed by atoms with Crippen LogP contribution >= 0.6 is 0 Å². The van der Waals surface area contributed by atoms with Crippen molar-refractivity contribution in [3.05, 3.63) is 77.9 Å². The highest BCUT2D eigenvalue weighted by Gasteiger charge is 2.34. The Hall–Kier alpha value is -2.52. The van der Waals surface area contributed by atoms with Crippen molar-refractivity contribution >= 4 is 17.7 Å². The van der Waals surface area contributed by atoms with E-state index >= 15 is 0 Å². The van der Waals surface area contributed by atoms with Crippen molar-refractivity contribution in [2.45, 2.75) is 40.0 Å². The molecule has 1 aliphatic heterocycles. The third kappa shape index (κ3) is 5.49. The minimum atomic E-state index is 0.00129. The number of aldehydes is 1. The first kappa shape index (κ1) is 21.8. The smallest absolute Gasteiger partial charge is 0.150 e. The lowest BCUT2D eigenvalue weighted by Crippen LogP contribution is -2.35. The van der Waals surface area contributed by atoms with Crippen LogP contribution in [0.5, 0.6) is 0 Å². The summed E-state index contributed by atoms with van der Waals surface area (Å²) in [6, 6.07) is 7.61. The summed E-state index contributed by atoms with van der Waals surface area (Å²) in [4.78, 5) is 16.1. The maximum atomic E-state index is 11.0. The molecule has 1 heterocycles. The Morgan fingerprint density at radius 2 is 1.86 bits per heavy atom. The fourth-order valence-electron chi connectivity index (χ4n) is 3.53. The number of aliphatic imine (C=N–C) groups is 1. The zero-order valence-electron chi connectivity index (χ0n) is 17.3. The highest BCUT2D eigenvalue weighted by Crippen LogP contribution is 2.37. The summed E-state index contributed by atoms with van der Waals surface area (Å²) in [5.74, 6) is 0. The Balaban J connectivity index is 2.53. The summed E-state index contributed by atoms with van der Waals surface area (Å²) in [7, 11) is 0. The topological polar surface area (TPSA) is 38.7 Å². The molecule has 0 amide bonds. The maximum Gasteiger partial charge on any atom is 0.150 e. The molecule has 1 aromatic carbocycles. The lowest BCUT2D eigenvalue weighted by Gasteiger charge is -2.36. The van der Waals surface area contributed by atoms with Gasteiger partial charge in [-0.15, -0.1) is 6.58 Å². The molecule has 0 N–H and O–H groups in total. The highest BCUT2D eigenvalue weighted by atomic mass is 16.5. The molecule has 2 rings (SSSR count). The van der Waals surface area contributed by atoms with E-state index in [2.05, 4.69) is 26.5 Å². The van der Waals surface area contributed by atoms with Crippen molar-refractivity contribution in [2.24, 2.45) is 10.4 Å². The average molecular weight is 378 g/mol. The SMILES string of the molecule is C=CCC1(C(C)=N/C(=C(C)/C=C\C=C/C)c2ccc(C=O)cc2)CCOCC1. The van der Waals surface area contributed by atoms with Gasteiger partial charge in [-0.25, -0.2) is 0 Å².